The van der Waals surface area contributed by atoms with E-state index in [4.69, 9.17) is 0 Å². The van der Waals surface area contributed by atoms with Gasteiger partial charge >= 0.3 is 0 Å². The van der Waals surface area contributed by atoms with Crippen molar-refractivity contribution in [2.75, 3.05) is 0 Å². The minimum atomic E-state index is 1.32. The number of hydrogen-bond acceptors (Lipinski definition) is 4. The molecule has 0 fully saturated rings. The second kappa shape index (κ2) is 9.47. The second-order valence-corrected chi connectivity index (χ2v) is 15.8. The third-order valence-corrected chi connectivity index (χ3v) is 13.4. The Kier molecular flexibility index (Phi) is 5.27. The van der Waals surface area contributed by atoms with Crippen LogP contribution in [0.2, 0.25) is 0 Å². The van der Waals surface area contributed by atoms with Gasteiger partial charge < -0.3 is 0 Å². The minimum absolute atomic E-state index is 1.32. The zero-order valence-corrected chi connectivity index (χ0v) is 27.6. The van der Waals surface area contributed by atoms with E-state index < -0.39 is 0 Å². The molecule has 4 heteroatoms. The maximum Gasteiger partial charge on any atom is 0.0349 e. The lowest BCUT2D eigenvalue weighted by atomic mass is 9.82. The Morgan fingerprint density at radius 1 is 0.261 bits per heavy atom. The highest BCUT2D eigenvalue weighted by Gasteiger charge is 2.23. The SMILES string of the molecule is c1csc(-c2cc(-c3cccs3)c3ccc4c5ccc6c(-c7cccs7)cc(-c7cccs7)c7ccc(c8ccc2c3c84)c5c76)c1. The largest absolute Gasteiger partial charge is 0.144 e. The Morgan fingerprint density at radius 3 is 0.739 bits per heavy atom. The van der Waals surface area contributed by atoms with Gasteiger partial charge in [0.1, 0.15) is 0 Å². The highest BCUT2D eigenvalue weighted by atomic mass is 32.1. The molecule has 0 aliphatic carbocycles. The van der Waals surface area contributed by atoms with Crippen LogP contribution in [0.25, 0.3) is 106 Å². The lowest BCUT2D eigenvalue weighted by Crippen LogP contribution is -1.94. The fraction of sp³-hybridized carbons (Fsp3) is 0. The molecular weight excluding hydrogens is 633 g/mol. The molecule has 4 heterocycles. The van der Waals surface area contributed by atoms with Gasteiger partial charge in [0.15, 0.2) is 0 Å². The molecule has 11 rings (SSSR count). The van der Waals surface area contributed by atoms with E-state index in [-0.39, 0.29) is 0 Å². The number of rotatable bonds is 4. The van der Waals surface area contributed by atoms with Crippen molar-refractivity contribution in [2.45, 2.75) is 0 Å². The van der Waals surface area contributed by atoms with E-state index >= 15 is 0 Å². The summed E-state index contributed by atoms with van der Waals surface area (Å²) in [7, 11) is 0. The molecule has 0 bridgehead atoms. The highest BCUT2D eigenvalue weighted by molar-refractivity contribution is 7.14. The van der Waals surface area contributed by atoms with E-state index in [0.29, 0.717) is 0 Å². The van der Waals surface area contributed by atoms with Crippen molar-refractivity contribution in [1.82, 2.24) is 0 Å². The molecule has 0 spiro atoms. The van der Waals surface area contributed by atoms with Gasteiger partial charge in [-0.2, -0.15) is 0 Å². The van der Waals surface area contributed by atoms with Gasteiger partial charge in [0.05, 0.1) is 0 Å². The average molecular weight is 655 g/mol. The molecule has 0 unspecified atom stereocenters. The fourth-order valence-corrected chi connectivity index (χ4v) is 11.0. The van der Waals surface area contributed by atoms with Crippen LogP contribution in [0, 0.1) is 0 Å². The summed E-state index contributed by atoms with van der Waals surface area (Å²) in [4.78, 5) is 5.28. The Balaban J connectivity index is 1.35. The normalized spacial score (nSPS) is 12.3. The molecule has 46 heavy (non-hydrogen) atoms. The molecule has 0 saturated carbocycles. The fourth-order valence-electron chi connectivity index (χ4n) is 7.93. The van der Waals surface area contributed by atoms with Crippen molar-refractivity contribution in [1.29, 1.82) is 0 Å². The standard InChI is InChI=1S/C42H22S4/c1-5-35(43-17-1)31-21-32(36-6-2-18-44-36)28-14-10-24-26-12-16-30-34(38-8-4-20-46-38)22-33(37-7-3-19-45-37)29-15-11-25(40(26)42(29)30)23-9-13-27(31)41(28)39(23)24/h1-22H. The maximum atomic E-state index is 2.43. The van der Waals surface area contributed by atoms with Crippen LogP contribution in [0.5, 0.6) is 0 Å². The third kappa shape index (κ3) is 3.37. The van der Waals surface area contributed by atoms with Crippen molar-refractivity contribution in [3.8, 4) is 41.8 Å². The zero-order valence-electron chi connectivity index (χ0n) is 24.3. The maximum absolute atomic E-state index is 2.43. The lowest BCUT2D eigenvalue weighted by molar-refractivity contribution is 1.76. The van der Waals surface area contributed by atoms with Crippen molar-refractivity contribution in [2.24, 2.45) is 0 Å². The molecule has 0 saturated heterocycles. The highest BCUT2D eigenvalue weighted by Crippen LogP contribution is 2.52. The predicted molar refractivity (Wildman–Crippen MR) is 207 cm³/mol. The summed E-state index contributed by atoms with van der Waals surface area (Å²) in [5, 5.41) is 25.0. The quantitative estimate of drug-likeness (QED) is 0.131. The molecule has 0 amide bonds. The molecule has 4 aromatic heterocycles. The Hall–Kier alpha value is -4.58. The van der Waals surface area contributed by atoms with E-state index in [1.54, 1.807) is 0 Å². The van der Waals surface area contributed by atoms with Crippen LogP contribution in [-0.4, -0.2) is 0 Å². The topological polar surface area (TPSA) is 0 Å². The first-order valence-corrected chi connectivity index (χ1v) is 18.9. The van der Waals surface area contributed by atoms with Crippen LogP contribution >= 0.6 is 45.3 Å². The molecular formula is C42H22S4. The van der Waals surface area contributed by atoms with Crippen LogP contribution in [-0.2, 0) is 0 Å². The molecule has 7 aromatic carbocycles. The van der Waals surface area contributed by atoms with Crippen molar-refractivity contribution in [3.63, 3.8) is 0 Å². The lowest BCUT2D eigenvalue weighted by Gasteiger charge is -2.22. The Bertz CT molecular complexity index is 2480. The van der Waals surface area contributed by atoms with Gasteiger partial charge in [-0.3, -0.25) is 0 Å². The first-order valence-electron chi connectivity index (χ1n) is 15.4. The summed E-state index contributed by atoms with van der Waals surface area (Å²) in [6.07, 6.45) is 0. The van der Waals surface area contributed by atoms with Gasteiger partial charge in [-0.15, -0.1) is 45.3 Å². The molecule has 0 aliphatic heterocycles. The van der Waals surface area contributed by atoms with Crippen LogP contribution < -0.4 is 0 Å². The summed E-state index contributed by atoms with van der Waals surface area (Å²) in [6, 6.07) is 41.8. The summed E-state index contributed by atoms with van der Waals surface area (Å²) < 4.78 is 0. The van der Waals surface area contributed by atoms with E-state index in [9.17, 15) is 0 Å². The van der Waals surface area contributed by atoms with E-state index in [1.165, 1.54) is 106 Å². The smallest absolute Gasteiger partial charge is 0.0349 e. The number of fused-ring (bicyclic) bond motifs is 2. The van der Waals surface area contributed by atoms with Crippen LogP contribution in [0.15, 0.2) is 131 Å². The first-order chi connectivity index (χ1) is 22.8. The van der Waals surface area contributed by atoms with E-state index in [1.807, 2.05) is 45.3 Å². The molecule has 0 radical (unpaired) electrons. The molecule has 0 atom stereocenters. The second-order valence-electron chi connectivity index (χ2n) is 12.0. The molecule has 0 aliphatic rings. The predicted octanol–water partition coefficient (Wildman–Crippen LogP) is 14.4. The van der Waals surface area contributed by atoms with Gasteiger partial charge in [-0.25, -0.2) is 0 Å². The van der Waals surface area contributed by atoms with Gasteiger partial charge in [-0.05, 0) is 123 Å². The molecule has 0 N–H and O–H groups in total. The van der Waals surface area contributed by atoms with Crippen LogP contribution in [0.4, 0.5) is 0 Å². The summed E-state index contributed by atoms with van der Waals surface area (Å²) in [6.45, 7) is 0. The summed E-state index contributed by atoms with van der Waals surface area (Å²) in [5.41, 5.74) is 5.30. The van der Waals surface area contributed by atoms with Gasteiger partial charge in [0.2, 0.25) is 0 Å². The van der Waals surface area contributed by atoms with Gasteiger partial charge in [0, 0.05) is 41.8 Å². The van der Waals surface area contributed by atoms with Crippen LogP contribution in [0.3, 0.4) is 0 Å². The zero-order chi connectivity index (χ0) is 29.9. The van der Waals surface area contributed by atoms with E-state index in [2.05, 4.69) is 131 Å². The molecule has 0 nitrogen and oxygen atoms in total. The van der Waals surface area contributed by atoms with Crippen molar-refractivity contribution >= 4 is 110 Å². The summed E-state index contributed by atoms with van der Waals surface area (Å²) >= 11 is 7.30. The molecule has 214 valence electrons. The first kappa shape index (κ1) is 25.6. The van der Waals surface area contributed by atoms with Crippen LogP contribution in [0.1, 0.15) is 0 Å². The molecule has 11 aromatic rings. The van der Waals surface area contributed by atoms with Crippen molar-refractivity contribution in [3.05, 3.63) is 131 Å². The number of thiophene rings is 4. The van der Waals surface area contributed by atoms with Crippen molar-refractivity contribution < 1.29 is 0 Å². The van der Waals surface area contributed by atoms with E-state index in [0.717, 1.165) is 0 Å². The minimum Gasteiger partial charge on any atom is -0.144 e. The van der Waals surface area contributed by atoms with Gasteiger partial charge in [0.25, 0.3) is 0 Å². The van der Waals surface area contributed by atoms with Gasteiger partial charge in [-0.1, -0.05) is 72.8 Å². The summed E-state index contributed by atoms with van der Waals surface area (Å²) in [5.74, 6) is 0. The Labute approximate surface area is 280 Å². The number of benzene rings is 7. The average Bonchev–Trinajstić information content (AvgIpc) is 3.94. The third-order valence-electron chi connectivity index (χ3n) is 9.79. The monoisotopic (exact) mass is 654 g/mol. The number of hydrogen-bond donors (Lipinski definition) is 0. The Morgan fingerprint density at radius 2 is 0.500 bits per heavy atom.